The molecule has 31 heavy (non-hydrogen) atoms. The number of ether oxygens (including phenoxy) is 1. The van der Waals surface area contributed by atoms with Crippen LogP contribution in [0.15, 0.2) is 30.3 Å². The average Bonchev–Trinajstić information content (AvgIpc) is 2.67. The predicted octanol–water partition coefficient (Wildman–Crippen LogP) is 2.48. The number of hydrogen-bond donors (Lipinski definition) is 6. The van der Waals surface area contributed by atoms with Gasteiger partial charge in [-0.15, -0.1) is 0 Å². The van der Waals surface area contributed by atoms with Crippen LogP contribution in [0.1, 0.15) is 37.8 Å². The van der Waals surface area contributed by atoms with Gasteiger partial charge in [0.15, 0.2) is 5.84 Å². The summed E-state index contributed by atoms with van der Waals surface area (Å²) in [5, 5.41) is 39.8. The van der Waals surface area contributed by atoms with Crippen LogP contribution in [0, 0.1) is 10.8 Å². The number of nitrogens with two attached hydrogens (primary N) is 1. The summed E-state index contributed by atoms with van der Waals surface area (Å²) in [6.45, 7) is 4.96. The normalized spacial score (nSPS) is 10.5. The Bertz CT molecular complexity index is 1060. The second kappa shape index (κ2) is 9.16. The number of carbonyl (C=O) groups is 2. The number of amidine groups is 2. The number of anilines is 2. The molecule has 0 fully saturated rings. The SMILES string of the molecule is COc1ccc(N(C(=N)C(N)=O)C(=N)c2cc(C(C)C)c(O)cc2O)cc1NC(C)=O. The van der Waals surface area contributed by atoms with Crippen molar-refractivity contribution in [3.05, 3.63) is 41.5 Å². The largest absolute Gasteiger partial charge is 0.508 e. The molecule has 10 heteroatoms. The smallest absolute Gasteiger partial charge is 0.284 e. The number of nitrogens with one attached hydrogen (secondary N) is 3. The summed E-state index contributed by atoms with van der Waals surface area (Å²) in [4.78, 5) is 24.3. The summed E-state index contributed by atoms with van der Waals surface area (Å²) in [7, 11) is 1.41. The highest BCUT2D eigenvalue weighted by atomic mass is 16.5. The molecule has 0 saturated carbocycles. The van der Waals surface area contributed by atoms with E-state index in [9.17, 15) is 19.8 Å². The Hall–Kier alpha value is -4.08. The van der Waals surface area contributed by atoms with Crippen molar-refractivity contribution < 1.29 is 24.5 Å². The molecule has 0 radical (unpaired) electrons. The number of phenolic OH excluding ortho intramolecular Hbond substituents is 2. The molecular weight excluding hydrogens is 402 g/mol. The summed E-state index contributed by atoms with van der Waals surface area (Å²) in [6, 6.07) is 6.88. The second-order valence-electron chi connectivity index (χ2n) is 7.05. The Morgan fingerprint density at radius 1 is 1.13 bits per heavy atom. The molecule has 0 aliphatic rings. The van der Waals surface area contributed by atoms with Gasteiger partial charge in [-0.25, -0.2) is 0 Å². The Balaban J connectivity index is 2.68. The third kappa shape index (κ3) is 4.92. The van der Waals surface area contributed by atoms with Gasteiger partial charge in [0.05, 0.1) is 24.0 Å². The summed E-state index contributed by atoms with van der Waals surface area (Å²) >= 11 is 0. The molecule has 2 amide bonds. The van der Waals surface area contributed by atoms with E-state index < -0.39 is 23.3 Å². The van der Waals surface area contributed by atoms with Crippen LogP contribution in [-0.2, 0) is 9.59 Å². The number of benzene rings is 2. The maximum Gasteiger partial charge on any atom is 0.284 e. The maximum absolute atomic E-state index is 11.8. The number of rotatable bonds is 5. The Morgan fingerprint density at radius 3 is 2.29 bits per heavy atom. The van der Waals surface area contributed by atoms with Crippen molar-refractivity contribution in [1.82, 2.24) is 0 Å². The zero-order valence-electron chi connectivity index (χ0n) is 17.6. The topological polar surface area (TPSA) is 173 Å². The van der Waals surface area contributed by atoms with Crippen molar-refractivity contribution in [2.24, 2.45) is 5.73 Å². The van der Waals surface area contributed by atoms with Crippen LogP contribution in [0.3, 0.4) is 0 Å². The summed E-state index contributed by atoms with van der Waals surface area (Å²) in [5.41, 5.74) is 6.15. The minimum absolute atomic E-state index is 0.0237. The van der Waals surface area contributed by atoms with Gasteiger partial charge in [0.2, 0.25) is 5.91 Å². The number of nitrogens with zero attached hydrogens (tertiary/aromatic N) is 1. The first-order chi connectivity index (χ1) is 14.5. The van der Waals surface area contributed by atoms with Gasteiger partial charge in [0.1, 0.15) is 23.1 Å². The predicted molar refractivity (Wildman–Crippen MR) is 117 cm³/mol. The molecule has 0 aliphatic carbocycles. The van der Waals surface area contributed by atoms with E-state index in [4.69, 9.17) is 21.3 Å². The van der Waals surface area contributed by atoms with Gasteiger partial charge >= 0.3 is 0 Å². The molecule has 2 rings (SSSR count). The van der Waals surface area contributed by atoms with Gasteiger partial charge in [-0.2, -0.15) is 0 Å². The number of hydrogen-bond acceptors (Lipinski definition) is 7. The van der Waals surface area contributed by atoms with Crippen LogP contribution in [0.2, 0.25) is 0 Å². The Kier molecular flexibility index (Phi) is 6.86. The first kappa shape index (κ1) is 23.2. The van der Waals surface area contributed by atoms with Crippen molar-refractivity contribution in [3.63, 3.8) is 0 Å². The molecule has 0 aliphatic heterocycles. The molecule has 0 unspecified atom stereocenters. The molecule has 164 valence electrons. The van der Waals surface area contributed by atoms with Gasteiger partial charge in [0.25, 0.3) is 5.91 Å². The van der Waals surface area contributed by atoms with Crippen LogP contribution in [0.25, 0.3) is 0 Å². The summed E-state index contributed by atoms with van der Waals surface area (Å²) in [5.74, 6) is -3.00. The van der Waals surface area contributed by atoms with E-state index in [1.54, 1.807) is 0 Å². The number of phenols is 2. The van der Waals surface area contributed by atoms with E-state index in [1.165, 1.54) is 38.3 Å². The summed E-state index contributed by atoms with van der Waals surface area (Å²) < 4.78 is 5.21. The highest BCUT2D eigenvalue weighted by Gasteiger charge is 2.26. The minimum atomic E-state index is -1.11. The first-order valence-corrected chi connectivity index (χ1v) is 9.26. The lowest BCUT2D eigenvalue weighted by Crippen LogP contribution is -2.44. The first-order valence-electron chi connectivity index (χ1n) is 9.26. The maximum atomic E-state index is 11.8. The van der Waals surface area contributed by atoms with Gasteiger partial charge in [-0.05, 0) is 35.7 Å². The van der Waals surface area contributed by atoms with Crippen LogP contribution in [-0.4, -0.2) is 40.8 Å². The van der Waals surface area contributed by atoms with Crippen molar-refractivity contribution in [2.75, 3.05) is 17.3 Å². The lowest BCUT2D eigenvalue weighted by molar-refractivity contribution is -0.114. The van der Waals surface area contributed by atoms with Gasteiger partial charge in [0, 0.05) is 13.0 Å². The molecule has 0 atom stereocenters. The van der Waals surface area contributed by atoms with E-state index in [0.717, 1.165) is 11.0 Å². The molecule has 0 aromatic heterocycles. The molecule has 0 saturated heterocycles. The standard InChI is InChI=1S/C21H25N5O5/c1-10(2)13-8-14(17(29)9-16(13)28)19(22)26(20(23)21(24)30)12-5-6-18(31-4)15(7-12)25-11(3)27/h5-10,22-23,28-29H,1-4H3,(H2,24,30)(H,25,27). The van der Waals surface area contributed by atoms with E-state index in [2.05, 4.69) is 5.32 Å². The highest BCUT2D eigenvalue weighted by Crippen LogP contribution is 2.35. The van der Waals surface area contributed by atoms with Crippen LogP contribution >= 0.6 is 0 Å². The molecule has 7 N–H and O–H groups in total. The second-order valence-corrected chi connectivity index (χ2v) is 7.05. The lowest BCUT2D eigenvalue weighted by atomic mass is 9.98. The van der Waals surface area contributed by atoms with Gasteiger partial charge in [-0.1, -0.05) is 13.8 Å². The number of aromatic hydroxyl groups is 2. The summed E-state index contributed by atoms with van der Waals surface area (Å²) in [6.07, 6.45) is 0. The molecule has 10 nitrogen and oxygen atoms in total. The third-order valence-electron chi connectivity index (χ3n) is 4.45. The van der Waals surface area contributed by atoms with E-state index in [-0.39, 0.29) is 34.5 Å². The fraction of sp³-hybridized carbons (Fsp3) is 0.238. The molecule has 0 heterocycles. The van der Waals surface area contributed by atoms with Crippen LogP contribution in [0.5, 0.6) is 17.2 Å². The minimum Gasteiger partial charge on any atom is -0.508 e. The number of methoxy groups -OCH3 is 1. The highest BCUT2D eigenvalue weighted by molar-refractivity contribution is 6.47. The van der Waals surface area contributed by atoms with Gasteiger partial charge < -0.3 is 26.0 Å². The van der Waals surface area contributed by atoms with Crippen LogP contribution < -0.4 is 20.7 Å². The zero-order valence-corrected chi connectivity index (χ0v) is 17.6. The zero-order chi connectivity index (χ0) is 23.5. The fourth-order valence-corrected chi connectivity index (χ4v) is 2.97. The number of carbonyl (C=O) groups excluding carboxylic acids is 2. The molecule has 2 aromatic carbocycles. The molecule has 0 bridgehead atoms. The fourth-order valence-electron chi connectivity index (χ4n) is 2.97. The average molecular weight is 427 g/mol. The molecular formula is C21H25N5O5. The Morgan fingerprint density at radius 2 is 1.77 bits per heavy atom. The van der Waals surface area contributed by atoms with E-state index >= 15 is 0 Å². The van der Waals surface area contributed by atoms with Crippen molar-refractivity contribution in [2.45, 2.75) is 26.7 Å². The van der Waals surface area contributed by atoms with E-state index in [1.807, 2.05) is 13.8 Å². The molecule has 2 aromatic rings. The van der Waals surface area contributed by atoms with Crippen molar-refractivity contribution in [3.8, 4) is 17.2 Å². The number of primary amides is 1. The van der Waals surface area contributed by atoms with Crippen molar-refractivity contribution in [1.29, 1.82) is 10.8 Å². The lowest BCUT2D eigenvalue weighted by Gasteiger charge is -2.26. The van der Waals surface area contributed by atoms with Crippen molar-refractivity contribution >= 4 is 34.9 Å². The third-order valence-corrected chi connectivity index (χ3v) is 4.45. The number of amides is 2. The van der Waals surface area contributed by atoms with Crippen LogP contribution in [0.4, 0.5) is 11.4 Å². The Labute approximate surface area is 179 Å². The monoisotopic (exact) mass is 427 g/mol. The van der Waals surface area contributed by atoms with Gasteiger partial charge in [-0.3, -0.25) is 25.3 Å². The van der Waals surface area contributed by atoms with E-state index in [0.29, 0.717) is 11.3 Å². The quantitative estimate of drug-likeness (QED) is 0.316. The molecule has 0 spiro atoms.